The topological polar surface area (TPSA) is 141 Å². The van der Waals surface area contributed by atoms with Crippen LogP contribution in [-0.2, 0) is 25.2 Å². The van der Waals surface area contributed by atoms with E-state index < -0.39 is 91.5 Å². The quantitative estimate of drug-likeness (QED) is 0.286. The Balaban J connectivity index is 1.89. The van der Waals surface area contributed by atoms with Gasteiger partial charge in [-0.15, -0.1) is 5.10 Å². The Kier molecular flexibility index (Phi) is 8.01. The van der Waals surface area contributed by atoms with Crippen molar-refractivity contribution in [1.29, 1.82) is 0 Å². The number of fused-ring (bicyclic) bond motifs is 1. The van der Waals surface area contributed by atoms with Gasteiger partial charge in [0.25, 0.3) is 0 Å². The molecule has 3 aromatic rings. The summed E-state index contributed by atoms with van der Waals surface area (Å²) in [6, 6.07) is 3.00. The molecular formula is C25H24ClF4N3O7S. The standard InChI is InChI=1S/C25H24ClF4N3O7S/c1-11-5-7-16(27)18(12(11)2)13(3)20(22-31-32-23(35)39-22)33-41(36,37)17-8-6-15(26)19-21(17)38-10-9-24(19,25(28,29)30)40-14(4)34/h5-8,13,20,33H,9-10H2,1-4H3,(H,32,35)/t13-,20+,24?/m1/s1. The van der Waals surface area contributed by atoms with Crippen LogP contribution >= 0.6 is 11.6 Å². The van der Waals surface area contributed by atoms with E-state index in [1.165, 1.54) is 19.1 Å². The SMILES string of the molecule is CC(=O)OC1(C(F)(F)F)CCOc2c(S(=O)(=O)N[C@H](c3n[nH]c(=O)o3)[C@H](C)c3c(F)ccc(C)c3C)ccc(Cl)c21. The number of carbonyl (C=O) groups excluding carboxylic acids is 1. The first kappa shape index (κ1) is 30.5. The first-order valence-corrected chi connectivity index (χ1v) is 13.9. The second kappa shape index (κ2) is 10.8. The number of esters is 1. The predicted octanol–water partition coefficient (Wildman–Crippen LogP) is 4.70. The van der Waals surface area contributed by atoms with Gasteiger partial charge in [-0.05, 0) is 48.7 Å². The lowest BCUT2D eigenvalue weighted by molar-refractivity contribution is -0.283. The Bertz CT molecular complexity index is 1670. The summed E-state index contributed by atoms with van der Waals surface area (Å²) in [5.41, 5.74) is -2.93. The monoisotopic (exact) mass is 621 g/mol. The largest absolute Gasteiger partial charge is 0.491 e. The summed E-state index contributed by atoms with van der Waals surface area (Å²) in [5, 5.41) is 5.15. The van der Waals surface area contributed by atoms with Crippen molar-refractivity contribution in [3.63, 3.8) is 0 Å². The molecule has 0 saturated carbocycles. The van der Waals surface area contributed by atoms with E-state index in [9.17, 15) is 31.2 Å². The van der Waals surface area contributed by atoms with Crippen molar-refractivity contribution in [1.82, 2.24) is 14.9 Å². The van der Waals surface area contributed by atoms with Gasteiger partial charge in [-0.2, -0.15) is 17.9 Å². The molecule has 222 valence electrons. The van der Waals surface area contributed by atoms with E-state index >= 15 is 4.39 Å². The zero-order valence-electron chi connectivity index (χ0n) is 22.0. The summed E-state index contributed by atoms with van der Waals surface area (Å²) in [7, 11) is -4.85. The van der Waals surface area contributed by atoms with Crippen LogP contribution in [-0.4, -0.2) is 37.4 Å². The number of hydrogen-bond donors (Lipinski definition) is 2. The minimum absolute atomic E-state index is 0.0867. The number of rotatable bonds is 7. The molecule has 16 heteroatoms. The van der Waals surface area contributed by atoms with Gasteiger partial charge >= 0.3 is 17.9 Å². The Labute approximate surface area is 236 Å². The molecule has 0 bridgehead atoms. The van der Waals surface area contributed by atoms with Gasteiger partial charge in [0.1, 0.15) is 22.5 Å². The highest BCUT2D eigenvalue weighted by molar-refractivity contribution is 7.89. The summed E-state index contributed by atoms with van der Waals surface area (Å²) in [4.78, 5) is 22.7. The fourth-order valence-electron chi connectivity index (χ4n) is 4.88. The summed E-state index contributed by atoms with van der Waals surface area (Å²) in [5.74, 6) is -5.28. The maximum Gasteiger partial charge on any atom is 0.434 e. The van der Waals surface area contributed by atoms with Gasteiger partial charge in [-0.1, -0.05) is 24.6 Å². The molecule has 1 aliphatic rings. The second-order valence-electron chi connectivity index (χ2n) is 9.51. The van der Waals surface area contributed by atoms with Crippen LogP contribution in [0.5, 0.6) is 5.75 Å². The second-order valence-corrected chi connectivity index (χ2v) is 11.6. The van der Waals surface area contributed by atoms with E-state index in [4.69, 9.17) is 25.5 Å². The number of nitrogens with zero attached hydrogens (tertiary/aromatic N) is 1. The molecule has 1 aromatic heterocycles. The van der Waals surface area contributed by atoms with E-state index in [0.717, 1.165) is 19.1 Å². The summed E-state index contributed by atoms with van der Waals surface area (Å²) in [6.45, 7) is 4.88. The summed E-state index contributed by atoms with van der Waals surface area (Å²) >= 11 is 6.13. The van der Waals surface area contributed by atoms with Gasteiger partial charge < -0.3 is 13.9 Å². The average Bonchev–Trinajstić information content (AvgIpc) is 3.30. The van der Waals surface area contributed by atoms with Crippen molar-refractivity contribution in [2.75, 3.05) is 6.61 Å². The number of aryl methyl sites for hydroxylation is 1. The number of benzene rings is 2. The molecule has 0 saturated heterocycles. The van der Waals surface area contributed by atoms with Gasteiger partial charge in [0.05, 0.1) is 17.2 Å². The Morgan fingerprint density at radius 1 is 1.24 bits per heavy atom. The molecule has 4 rings (SSSR count). The first-order valence-electron chi connectivity index (χ1n) is 12.1. The fourth-order valence-corrected chi connectivity index (χ4v) is 6.60. The van der Waals surface area contributed by atoms with Gasteiger partial charge in [-0.3, -0.25) is 4.79 Å². The van der Waals surface area contributed by atoms with Crippen LogP contribution in [0.4, 0.5) is 17.6 Å². The molecule has 2 aromatic carbocycles. The first-order chi connectivity index (χ1) is 19.0. The molecule has 1 aliphatic heterocycles. The van der Waals surface area contributed by atoms with Gasteiger partial charge in [0, 0.05) is 19.3 Å². The highest BCUT2D eigenvalue weighted by Gasteiger charge is 2.63. The molecule has 10 nitrogen and oxygen atoms in total. The lowest BCUT2D eigenvalue weighted by Gasteiger charge is -2.40. The molecule has 2 heterocycles. The van der Waals surface area contributed by atoms with Crippen molar-refractivity contribution < 1.29 is 44.7 Å². The summed E-state index contributed by atoms with van der Waals surface area (Å²) < 4.78 is 103. The normalized spacial score (nSPS) is 18.8. The Morgan fingerprint density at radius 2 is 1.93 bits per heavy atom. The maximum atomic E-state index is 15.0. The zero-order valence-corrected chi connectivity index (χ0v) is 23.6. The number of aromatic amines is 1. The van der Waals surface area contributed by atoms with Crippen LogP contribution in [0.1, 0.15) is 60.4 Å². The zero-order chi connectivity index (χ0) is 30.5. The number of ether oxygens (including phenoxy) is 2. The Morgan fingerprint density at radius 3 is 2.51 bits per heavy atom. The highest BCUT2D eigenvalue weighted by Crippen LogP contribution is 2.54. The van der Waals surface area contributed by atoms with Crippen molar-refractivity contribution in [2.45, 2.75) is 62.7 Å². The number of alkyl halides is 3. The number of halogens is 5. The number of aromatic nitrogens is 2. The van der Waals surface area contributed by atoms with Crippen LogP contribution < -0.4 is 15.2 Å². The van der Waals surface area contributed by atoms with E-state index in [0.29, 0.717) is 11.1 Å². The fraction of sp³-hybridized carbons (Fsp3) is 0.400. The molecule has 3 atom stereocenters. The van der Waals surface area contributed by atoms with Crippen molar-refractivity contribution in [3.8, 4) is 5.75 Å². The van der Waals surface area contributed by atoms with Gasteiger partial charge in [-0.25, -0.2) is 22.7 Å². The summed E-state index contributed by atoms with van der Waals surface area (Å²) in [6.07, 6.45) is -6.09. The molecule has 0 spiro atoms. The van der Waals surface area contributed by atoms with Crippen LogP contribution in [0.15, 0.2) is 38.4 Å². The van der Waals surface area contributed by atoms with E-state index in [-0.39, 0.29) is 5.56 Å². The molecule has 0 amide bonds. The molecule has 2 N–H and O–H groups in total. The minimum Gasteiger partial charge on any atom is -0.491 e. The van der Waals surface area contributed by atoms with Crippen LogP contribution in [0.2, 0.25) is 5.02 Å². The number of nitrogens with one attached hydrogen (secondary N) is 2. The molecule has 0 radical (unpaired) electrons. The third kappa shape index (κ3) is 5.45. The average molecular weight is 622 g/mol. The van der Waals surface area contributed by atoms with Crippen molar-refractivity contribution in [3.05, 3.63) is 73.8 Å². The third-order valence-electron chi connectivity index (χ3n) is 6.93. The molecule has 0 fully saturated rings. The van der Waals surface area contributed by atoms with E-state index in [1.807, 2.05) is 5.10 Å². The van der Waals surface area contributed by atoms with Crippen LogP contribution in [0, 0.1) is 19.7 Å². The molecular weight excluding hydrogens is 598 g/mol. The van der Waals surface area contributed by atoms with Crippen molar-refractivity contribution >= 4 is 27.6 Å². The number of carbonyl (C=O) groups is 1. The minimum atomic E-state index is -5.20. The number of hydrogen-bond acceptors (Lipinski definition) is 8. The lowest BCUT2D eigenvalue weighted by Crippen LogP contribution is -2.49. The van der Waals surface area contributed by atoms with E-state index in [1.54, 1.807) is 13.8 Å². The highest BCUT2D eigenvalue weighted by atomic mass is 35.5. The number of H-pyrrole nitrogens is 1. The predicted molar refractivity (Wildman–Crippen MR) is 136 cm³/mol. The number of sulfonamides is 1. The van der Waals surface area contributed by atoms with Crippen LogP contribution in [0.3, 0.4) is 0 Å². The smallest absolute Gasteiger partial charge is 0.434 e. The van der Waals surface area contributed by atoms with E-state index in [2.05, 4.69) is 9.82 Å². The van der Waals surface area contributed by atoms with Gasteiger partial charge in [0.15, 0.2) is 0 Å². The molecule has 1 unspecified atom stereocenters. The Hall–Kier alpha value is -3.43. The maximum absolute atomic E-state index is 15.0. The van der Waals surface area contributed by atoms with Crippen molar-refractivity contribution in [2.24, 2.45) is 0 Å². The third-order valence-corrected chi connectivity index (χ3v) is 8.71. The van der Waals surface area contributed by atoms with Gasteiger partial charge in [0.2, 0.25) is 21.5 Å². The van der Waals surface area contributed by atoms with Crippen LogP contribution in [0.25, 0.3) is 0 Å². The lowest BCUT2D eigenvalue weighted by atomic mass is 9.87. The molecule has 41 heavy (non-hydrogen) atoms. The molecule has 0 aliphatic carbocycles.